The Bertz CT molecular complexity index is 759. The van der Waals surface area contributed by atoms with E-state index in [1.165, 1.54) is 16.4 Å². The minimum atomic E-state index is -3.75. The van der Waals surface area contributed by atoms with Crippen LogP contribution in [0.3, 0.4) is 0 Å². The summed E-state index contributed by atoms with van der Waals surface area (Å²) in [5, 5.41) is 10.1. The van der Waals surface area contributed by atoms with E-state index in [-0.39, 0.29) is 29.9 Å². The Hall–Kier alpha value is -1.48. The predicted octanol–water partition coefficient (Wildman–Crippen LogP) is 0.608. The van der Waals surface area contributed by atoms with E-state index in [1.54, 1.807) is 17.0 Å². The maximum atomic E-state index is 13.0. The number of β-amino-alcohol motifs (C(OH)–C–C–N with tert-alkyl or cyclic N) is 1. The number of hydrogen-bond acceptors (Lipinski definition) is 5. The molecule has 2 aliphatic rings. The molecule has 8 heteroatoms. The molecular weight excluding hydrogens is 354 g/mol. The van der Waals surface area contributed by atoms with Crippen LogP contribution in [0.25, 0.3) is 0 Å². The van der Waals surface area contributed by atoms with Gasteiger partial charge in [-0.2, -0.15) is 4.31 Å². The average Bonchev–Trinajstić information content (AvgIpc) is 3.05. The molecule has 1 amide bonds. The molecule has 1 aromatic carbocycles. The number of amides is 1. The molecule has 2 fully saturated rings. The molecule has 0 aromatic heterocycles. The number of carbonyl (C=O) groups excluding carboxylic acids is 1. The fourth-order valence-corrected chi connectivity index (χ4v) is 5.18. The van der Waals surface area contributed by atoms with E-state index in [2.05, 4.69) is 0 Å². The number of rotatable bonds is 4. The lowest BCUT2D eigenvalue weighted by Gasteiger charge is -2.27. The number of nitrogens with zero attached hydrogens (tertiary/aromatic N) is 3. The first-order valence-electron chi connectivity index (χ1n) is 9.04. The summed E-state index contributed by atoms with van der Waals surface area (Å²) in [6, 6.07) is 6.01. The number of sulfonamides is 1. The maximum absolute atomic E-state index is 13.0. The Morgan fingerprint density at radius 2 is 1.85 bits per heavy atom. The zero-order valence-corrected chi connectivity index (χ0v) is 16.2. The van der Waals surface area contributed by atoms with E-state index >= 15 is 0 Å². The summed E-state index contributed by atoms with van der Waals surface area (Å²) >= 11 is 0. The van der Waals surface area contributed by atoms with Crippen LogP contribution in [-0.2, 0) is 10.0 Å². The summed E-state index contributed by atoms with van der Waals surface area (Å²) < 4.78 is 27.2. The van der Waals surface area contributed by atoms with Gasteiger partial charge in [-0.1, -0.05) is 6.07 Å². The topological polar surface area (TPSA) is 81.2 Å². The second kappa shape index (κ2) is 7.64. The van der Waals surface area contributed by atoms with Crippen LogP contribution >= 0.6 is 0 Å². The van der Waals surface area contributed by atoms with Crippen LogP contribution in [0, 0.1) is 0 Å². The van der Waals surface area contributed by atoms with E-state index in [0.29, 0.717) is 5.56 Å². The van der Waals surface area contributed by atoms with Crippen molar-refractivity contribution in [3.05, 3.63) is 29.8 Å². The third kappa shape index (κ3) is 3.78. The van der Waals surface area contributed by atoms with Gasteiger partial charge in [-0.3, -0.25) is 4.79 Å². The third-order valence-electron chi connectivity index (χ3n) is 5.25. The van der Waals surface area contributed by atoms with Crippen LogP contribution in [-0.4, -0.2) is 86.0 Å². The summed E-state index contributed by atoms with van der Waals surface area (Å²) in [5.74, 6) is -0.116. The summed E-state index contributed by atoms with van der Waals surface area (Å²) in [6.45, 7) is 1.74. The molecule has 2 aliphatic heterocycles. The van der Waals surface area contributed by atoms with E-state index < -0.39 is 16.1 Å². The SMILES string of the molecule is CN(C)[C@H]1CN(S(=O)(=O)c2cccc(C(=O)N3CCCCC3)c2)C[C@@H]1O. The molecule has 0 radical (unpaired) electrons. The summed E-state index contributed by atoms with van der Waals surface area (Å²) in [4.78, 5) is 16.4. The smallest absolute Gasteiger partial charge is 0.253 e. The van der Waals surface area contributed by atoms with Gasteiger partial charge in [-0.15, -0.1) is 0 Å². The van der Waals surface area contributed by atoms with Crippen LogP contribution in [0.15, 0.2) is 29.2 Å². The van der Waals surface area contributed by atoms with Crippen LogP contribution in [0.5, 0.6) is 0 Å². The number of aliphatic hydroxyl groups is 1. The number of likely N-dealkylation sites (tertiary alicyclic amines) is 1. The summed E-state index contributed by atoms with van der Waals surface area (Å²) in [6.07, 6.45) is 2.38. The van der Waals surface area contributed by atoms with Gasteiger partial charge in [0, 0.05) is 31.7 Å². The van der Waals surface area contributed by atoms with E-state index in [9.17, 15) is 18.3 Å². The van der Waals surface area contributed by atoms with Crippen molar-refractivity contribution in [3.8, 4) is 0 Å². The summed E-state index contributed by atoms with van der Waals surface area (Å²) in [7, 11) is -0.106. The Balaban J connectivity index is 1.82. The van der Waals surface area contributed by atoms with Crippen molar-refractivity contribution in [3.63, 3.8) is 0 Å². The van der Waals surface area contributed by atoms with Gasteiger partial charge >= 0.3 is 0 Å². The fourth-order valence-electron chi connectivity index (χ4n) is 3.66. The first-order chi connectivity index (χ1) is 12.3. The minimum absolute atomic E-state index is 0.0650. The van der Waals surface area contributed by atoms with Crippen molar-refractivity contribution in [2.24, 2.45) is 0 Å². The highest BCUT2D eigenvalue weighted by Crippen LogP contribution is 2.24. The Labute approximate surface area is 155 Å². The molecule has 144 valence electrons. The zero-order chi connectivity index (χ0) is 18.9. The van der Waals surface area contributed by atoms with E-state index in [4.69, 9.17) is 0 Å². The molecule has 2 atom stereocenters. The highest BCUT2D eigenvalue weighted by Gasteiger charge is 2.39. The van der Waals surface area contributed by atoms with Gasteiger partial charge < -0.3 is 14.9 Å². The van der Waals surface area contributed by atoms with Gasteiger partial charge in [0.15, 0.2) is 0 Å². The molecule has 2 heterocycles. The number of aliphatic hydroxyl groups excluding tert-OH is 1. The number of carbonyl (C=O) groups is 1. The zero-order valence-electron chi connectivity index (χ0n) is 15.3. The largest absolute Gasteiger partial charge is 0.390 e. The van der Waals surface area contributed by atoms with Gasteiger partial charge in [-0.05, 0) is 51.6 Å². The lowest BCUT2D eigenvalue weighted by molar-refractivity contribution is 0.0724. The standard InChI is InChI=1S/C18H27N3O4S/c1-19(2)16-12-21(13-17(16)22)26(24,25)15-8-6-7-14(11-15)18(23)20-9-4-3-5-10-20/h6-8,11,16-17,22H,3-5,9-10,12-13H2,1-2H3/t16-,17-/m0/s1. The first kappa shape index (κ1) is 19.3. The van der Waals surface area contributed by atoms with Crippen molar-refractivity contribution < 1.29 is 18.3 Å². The molecule has 2 saturated heterocycles. The second-order valence-corrected chi connectivity index (χ2v) is 9.24. The Morgan fingerprint density at radius 3 is 2.46 bits per heavy atom. The molecule has 26 heavy (non-hydrogen) atoms. The Morgan fingerprint density at radius 1 is 1.15 bits per heavy atom. The molecule has 0 saturated carbocycles. The van der Waals surface area contributed by atoms with Gasteiger partial charge in [0.25, 0.3) is 5.91 Å². The molecule has 0 unspecified atom stereocenters. The van der Waals surface area contributed by atoms with Gasteiger partial charge in [-0.25, -0.2) is 8.42 Å². The molecular formula is C18H27N3O4S. The van der Waals surface area contributed by atoms with Crippen molar-refractivity contribution >= 4 is 15.9 Å². The van der Waals surface area contributed by atoms with Gasteiger partial charge in [0.2, 0.25) is 10.0 Å². The normalized spacial score (nSPS) is 25.0. The minimum Gasteiger partial charge on any atom is -0.390 e. The fraction of sp³-hybridized carbons (Fsp3) is 0.611. The van der Waals surface area contributed by atoms with Crippen molar-refractivity contribution in [1.82, 2.24) is 14.1 Å². The molecule has 1 aromatic rings. The van der Waals surface area contributed by atoms with Gasteiger partial charge in [0.05, 0.1) is 17.0 Å². The highest BCUT2D eigenvalue weighted by atomic mass is 32.2. The second-order valence-electron chi connectivity index (χ2n) is 7.30. The lowest BCUT2D eigenvalue weighted by atomic mass is 10.1. The van der Waals surface area contributed by atoms with E-state index in [0.717, 1.165) is 32.4 Å². The van der Waals surface area contributed by atoms with Crippen molar-refractivity contribution in [2.45, 2.75) is 36.3 Å². The van der Waals surface area contributed by atoms with Crippen LogP contribution < -0.4 is 0 Å². The number of likely N-dealkylation sites (N-methyl/N-ethyl adjacent to an activating group) is 1. The quantitative estimate of drug-likeness (QED) is 0.826. The molecule has 1 N–H and O–H groups in total. The number of hydrogen-bond donors (Lipinski definition) is 1. The van der Waals surface area contributed by atoms with Crippen molar-refractivity contribution in [2.75, 3.05) is 40.3 Å². The molecule has 3 rings (SSSR count). The van der Waals surface area contributed by atoms with Crippen LogP contribution in [0.2, 0.25) is 0 Å². The Kier molecular flexibility index (Phi) is 5.67. The first-order valence-corrected chi connectivity index (χ1v) is 10.5. The van der Waals surface area contributed by atoms with Crippen LogP contribution in [0.4, 0.5) is 0 Å². The monoisotopic (exact) mass is 381 g/mol. The summed E-state index contributed by atoms with van der Waals surface area (Å²) in [5.41, 5.74) is 0.400. The van der Waals surface area contributed by atoms with E-state index in [1.807, 2.05) is 19.0 Å². The molecule has 0 bridgehead atoms. The molecule has 0 spiro atoms. The highest BCUT2D eigenvalue weighted by molar-refractivity contribution is 7.89. The van der Waals surface area contributed by atoms with Crippen LogP contribution in [0.1, 0.15) is 29.6 Å². The van der Waals surface area contributed by atoms with Crippen molar-refractivity contribution in [1.29, 1.82) is 0 Å². The third-order valence-corrected chi connectivity index (χ3v) is 7.08. The predicted molar refractivity (Wildman–Crippen MR) is 98.4 cm³/mol. The average molecular weight is 381 g/mol. The number of benzene rings is 1. The van der Waals surface area contributed by atoms with Gasteiger partial charge in [0.1, 0.15) is 0 Å². The molecule has 7 nitrogen and oxygen atoms in total. The molecule has 0 aliphatic carbocycles. The lowest BCUT2D eigenvalue weighted by Crippen LogP contribution is -2.38. The number of piperidine rings is 1. The maximum Gasteiger partial charge on any atom is 0.253 e.